The molecule has 0 aromatic heterocycles. The van der Waals surface area contributed by atoms with Gasteiger partial charge in [-0.2, -0.15) is 0 Å². The van der Waals surface area contributed by atoms with Gasteiger partial charge in [-0.3, -0.25) is 0 Å². The summed E-state index contributed by atoms with van der Waals surface area (Å²) in [6, 6.07) is 16.3. The Morgan fingerprint density at radius 3 is 1.06 bits per heavy atom. The minimum Gasteiger partial charge on any atom is -0.493 e. The minimum absolute atomic E-state index is 0.435. The Bertz CT molecular complexity index is 1510. The van der Waals surface area contributed by atoms with Crippen LogP contribution >= 0.6 is 0 Å². The normalized spacial score (nSPS) is 13.7. The van der Waals surface area contributed by atoms with E-state index in [9.17, 15) is 0 Å². The maximum Gasteiger partial charge on any atom is 0.135 e. The Hall–Kier alpha value is -4.54. The van der Waals surface area contributed by atoms with E-state index in [0.29, 0.717) is 72.7 Å². The molecule has 50 heavy (non-hydrogen) atoms. The van der Waals surface area contributed by atoms with E-state index in [0.717, 1.165) is 59.4 Å². The molecule has 0 fully saturated rings. The van der Waals surface area contributed by atoms with Gasteiger partial charge in [0, 0.05) is 23.3 Å². The van der Waals surface area contributed by atoms with Crippen molar-refractivity contribution >= 4 is 24.3 Å². The van der Waals surface area contributed by atoms with E-state index in [1.165, 1.54) is 0 Å². The average molecular weight is 675 g/mol. The van der Waals surface area contributed by atoms with Crippen molar-refractivity contribution in [3.8, 4) is 47.7 Å². The molecule has 0 amide bonds. The van der Waals surface area contributed by atoms with Gasteiger partial charge in [-0.1, -0.05) is 141 Å². The molecule has 0 N–H and O–H groups in total. The first-order chi connectivity index (χ1) is 24.1. The molecule has 0 saturated heterocycles. The van der Waals surface area contributed by atoms with Crippen LogP contribution in [0.4, 0.5) is 0 Å². The zero-order chi connectivity index (χ0) is 36.5. The van der Waals surface area contributed by atoms with Gasteiger partial charge in [-0.05, 0) is 46.9 Å². The van der Waals surface area contributed by atoms with Gasteiger partial charge in [-0.25, -0.2) is 0 Å². The van der Waals surface area contributed by atoms with Crippen LogP contribution in [0.25, 0.3) is 24.3 Å². The highest BCUT2D eigenvalue weighted by atomic mass is 16.5. The fourth-order valence-electron chi connectivity index (χ4n) is 4.62. The average Bonchev–Trinajstić information content (AvgIpc) is 3.15. The summed E-state index contributed by atoms with van der Waals surface area (Å²) in [6.07, 6.45) is 24.3. The molecule has 0 bridgehead atoms. The maximum atomic E-state index is 6.28. The highest BCUT2D eigenvalue weighted by Gasteiger charge is 2.14. The molecule has 3 aromatic carbocycles. The monoisotopic (exact) mass is 674 g/mol. The number of hydrogen-bond donors (Lipinski definition) is 0. The number of ether oxygens (including phenoxy) is 4. The third-order valence-electron chi connectivity index (χ3n) is 9.26. The number of benzene rings is 3. The van der Waals surface area contributed by atoms with Crippen LogP contribution in [0.1, 0.15) is 114 Å². The van der Waals surface area contributed by atoms with Gasteiger partial charge in [0.05, 0.1) is 37.6 Å². The predicted molar refractivity (Wildman–Crippen MR) is 213 cm³/mol. The molecule has 3 rings (SSSR count). The molecule has 0 unspecified atom stereocenters. The van der Waals surface area contributed by atoms with Crippen molar-refractivity contribution in [2.75, 3.05) is 26.4 Å². The molecule has 0 spiro atoms. The highest BCUT2D eigenvalue weighted by molar-refractivity contribution is 5.77. The van der Waals surface area contributed by atoms with Crippen molar-refractivity contribution in [3.05, 3.63) is 81.9 Å². The largest absolute Gasteiger partial charge is 0.493 e. The quantitative estimate of drug-likeness (QED) is 0.0883. The molecule has 0 aliphatic carbocycles. The maximum absolute atomic E-state index is 6.28. The smallest absolute Gasteiger partial charge is 0.135 e. The van der Waals surface area contributed by atoms with Gasteiger partial charge in [0.15, 0.2) is 0 Å². The molecule has 4 atom stereocenters. The topological polar surface area (TPSA) is 36.9 Å². The lowest BCUT2D eigenvalue weighted by Gasteiger charge is -2.17. The fraction of sp³-hybridized carbons (Fsp3) is 0.435. The van der Waals surface area contributed by atoms with Crippen LogP contribution in [0.3, 0.4) is 0 Å². The Morgan fingerprint density at radius 1 is 0.480 bits per heavy atom. The van der Waals surface area contributed by atoms with Crippen molar-refractivity contribution < 1.29 is 18.9 Å². The number of hydrogen-bond acceptors (Lipinski definition) is 4. The highest BCUT2D eigenvalue weighted by Crippen LogP contribution is 2.33. The van der Waals surface area contributed by atoms with Gasteiger partial charge in [0.1, 0.15) is 23.0 Å². The van der Waals surface area contributed by atoms with Crippen LogP contribution in [0.15, 0.2) is 48.5 Å². The SMILES string of the molecule is C#Cc1cc(OC[C@@H](C)CC)c(/C=C/c2ccc(/C=C/c3cc(OC[C@@H](C)CC)c(C#C)cc3OC[C@@H](C)CC)cc2)cc1OC[C@@H](C)CC. The van der Waals surface area contributed by atoms with Crippen molar-refractivity contribution in [1.29, 1.82) is 0 Å². The fourth-order valence-corrected chi connectivity index (χ4v) is 4.62. The summed E-state index contributed by atoms with van der Waals surface area (Å²) < 4.78 is 24.9. The summed E-state index contributed by atoms with van der Waals surface area (Å²) in [4.78, 5) is 0. The first kappa shape index (κ1) is 39.9. The van der Waals surface area contributed by atoms with Gasteiger partial charge in [-0.15, -0.1) is 12.8 Å². The lowest BCUT2D eigenvalue weighted by molar-refractivity contribution is 0.249. The molecule has 266 valence electrons. The predicted octanol–water partition coefficient (Wildman–Crippen LogP) is 11.7. The van der Waals surface area contributed by atoms with E-state index < -0.39 is 0 Å². The molecule has 0 radical (unpaired) electrons. The number of rotatable bonds is 20. The van der Waals surface area contributed by atoms with Crippen LogP contribution in [0.5, 0.6) is 23.0 Å². The van der Waals surface area contributed by atoms with Crippen LogP contribution in [0, 0.1) is 48.4 Å². The molecule has 4 heteroatoms. The van der Waals surface area contributed by atoms with E-state index in [1.807, 2.05) is 24.3 Å². The van der Waals surface area contributed by atoms with Gasteiger partial charge in [0.25, 0.3) is 0 Å². The molecular weight excluding hydrogens is 617 g/mol. The van der Waals surface area contributed by atoms with Crippen molar-refractivity contribution in [2.24, 2.45) is 23.7 Å². The summed E-state index contributed by atoms with van der Waals surface area (Å²) in [5.41, 5.74) is 5.41. The lowest BCUT2D eigenvalue weighted by atomic mass is 10.0. The zero-order valence-electron chi connectivity index (χ0n) is 31.7. The van der Waals surface area contributed by atoms with E-state index >= 15 is 0 Å². The number of terminal acetylenes is 2. The van der Waals surface area contributed by atoms with E-state index in [4.69, 9.17) is 31.8 Å². The zero-order valence-corrected chi connectivity index (χ0v) is 31.7. The summed E-state index contributed by atoms with van der Waals surface area (Å²) in [6.45, 7) is 19.9. The van der Waals surface area contributed by atoms with Gasteiger partial charge < -0.3 is 18.9 Å². The van der Waals surface area contributed by atoms with Crippen molar-refractivity contribution in [1.82, 2.24) is 0 Å². The summed E-state index contributed by atoms with van der Waals surface area (Å²) in [5, 5.41) is 0. The van der Waals surface area contributed by atoms with Crippen LogP contribution in [-0.2, 0) is 0 Å². The first-order valence-corrected chi connectivity index (χ1v) is 18.4. The standard InChI is InChI=1S/C46H58O4/c1-11-33(7)29-47-43-27-41(45(25-39(43)15-5)49-31-35(9)13-3)23-21-37-17-19-38(20-18-37)22-24-42-28-44(48-30-34(8)12-2)40(16-6)26-46(42)50-32-36(10)14-4/h5-6,17-28,33-36H,11-14,29-32H2,1-4,7-10H3/b23-21+,24-22+/t33-,34-,35-,36-/m0/s1. The second kappa shape index (κ2) is 20.9. The minimum atomic E-state index is 0.435. The summed E-state index contributed by atoms with van der Waals surface area (Å²) in [7, 11) is 0. The van der Waals surface area contributed by atoms with Crippen molar-refractivity contribution in [3.63, 3.8) is 0 Å². The van der Waals surface area contributed by atoms with Gasteiger partial charge in [0.2, 0.25) is 0 Å². The Kier molecular flexibility index (Phi) is 16.6. The van der Waals surface area contributed by atoms with Crippen LogP contribution in [-0.4, -0.2) is 26.4 Å². The molecular formula is C46H58O4. The Labute approximate surface area is 303 Å². The Morgan fingerprint density at radius 2 is 0.780 bits per heavy atom. The van der Waals surface area contributed by atoms with E-state index in [2.05, 4.69) is 116 Å². The second-order valence-electron chi connectivity index (χ2n) is 13.7. The lowest BCUT2D eigenvalue weighted by Crippen LogP contribution is -2.10. The molecule has 0 saturated carbocycles. The molecule has 0 heterocycles. The molecule has 0 aliphatic rings. The van der Waals surface area contributed by atoms with Crippen LogP contribution in [0.2, 0.25) is 0 Å². The summed E-state index contributed by atoms with van der Waals surface area (Å²) in [5.74, 6) is 10.3. The van der Waals surface area contributed by atoms with Crippen molar-refractivity contribution in [2.45, 2.75) is 81.1 Å². The second-order valence-corrected chi connectivity index (χ2v) is 13.7. The van der Waals surface area contributed by atoms with Gasteiger partial charge >= 0.3 is 0 Å². The third-order valence-corrected chi connectivity index (χ3v) is 9.26. The molecule has 4 nitrogen and oxygen atoms in total. The van der Waals surface area contributed by atoms with E-state index in [-0.39, 0.29) is 0 Å². The Balaban J connectivity index is 1.89. The molecule has 3 aromatic rings. The first-order valence-electron chi connectivity index (χ1n) is 18.4. The van der Waals surface area contributed by atoms with E-state index in [1.54, 1.807) is 0 Å². The third kappa shape index (κ3) is 12.4. The molecule has 0 aliphatic heterocycles. The summed E-state index contributed by atoms with van der Waals surface area (Å²) >= 11 is 0. The van der Waals surface area contributed by atoms with Crippen LogP contribution < -0.4 is 18.9 Å².